The molecule has 3 aromatic carbocycles. The summed E-state index contributed by atoms with van der Waals surface area (Å²) < 4.78 is 5.23. The molecule has 0 fully saturated rings. The Bertz CT molecular complexity index is 940. The number of rotatable bonds is 9. The van der Waals surface area contributed by atoms with Gasteiger partial charge in [-0.25, -0.2) is 0 Å². The largest absolute Gasteiger partial charge is 0.497 e. The number of hydrogen-bond donors (Lipinski definition) is 1. The molecular formula is C25H28N2O3. The van der Waals surface area contributed by atoms with Crippen LogP contribution in [0.4, 0.5) is 5.69 Å². The van der Waals surface area contributed by atoms with Crippen LogP contribution in [0.1, 0.15) is 42.0 Å². The van der Waals surface area contributed by atoms with Crippen LogP contribution in [0.5, 0.6) is 5.75 Å². The zero-order chi connectivity index (χ0) is 21.5. The number of anilines is 1. The molecule has 0 aliphatic rings. The number of nitrogens with zero attached hydrogens (tertiary/aromatic N) is 1. The van der Waals surface area contributed by atoms with Gasteiger partial charge in [-0.15, -0.1) is 0 Å². The van der Waals surface area contributed by atoms with Gasteiger partial charge in [0.05, 0.1) is 13.0 Å². The average Bonchev–Trinajstić information content (AvgIpc) is 2.78. The van der Waals surface area contributed by atoms with E-state index in [4.69, 9.17) is 4.74 Å². The van der Waals surface area contributed by atoms with Crippen LogP contribution in [0.3, 0.4) is 0 Å². The second-order valence-corrected chi connectivity index (χ2v) is 7.46. The molecule has 3 aromatic rings. The van der Waals surface area contributed by atoms with Crippen LogP contribution >= 0.6 is 0 Å². The second kappa shape index (κ2) is 9.92. The molecule has 156 valence electrons. The number of nitrogens with one attached hydrogen (secondary N) is 1. The molecule has 0 aromatic heterocycles. The van der Waals surface area contributed by atoms with E-state index < -0.39 is 12.1 Å². The quantitative estimate of drug-likeness (QED) is 0.351. The summed E-state index contributed by atoms with van der Waals surface area (Å²) in [6.45, 7) is 4.03. The van der Waals surface area contributed by atoms with Crippen LogP contribution in [-0.4, -0.2) is 18.1 Å². The third kappa shape index (κ3) is 4.98. The molecule has 0 unspecified atom stereocenters. The van der Waals surface area contributed by atoms with Gasteiger partial charge < -0.3 is 10.1 Å². The van der Waals surface area contributed by atoms with Crippen LogP contribution in [-0.2, 0) is 0 Å². The number of nitro groups is 1. The van der Waals surface area contributed by atoms with E-state index in [9.17, 15) is 10.1 Å². The van der Waals surface area contributed by atoms with Crippen molar-refractivity contribution in [1.29, 1.82) is 0 Å². The highest BCUT2D eigenvalue weighted by molar-refractivity contribution is 5.49. The number of benzene rings is 3. The number of methoxy groups -OCH3 is 1. The summed E-state index contributed by atoms with van der Waals surface area (Å²) in [5.74, 6) is 0.519. The fraction of sp³-hybridized carbons (Fsp3) is 0.280. The summed E-state index contributed by atoms with van der Waals surface area (Å²) in [4.78, 5) is 12.3. The Labute approximate surface area is 177 Å². The lowest BCUT2D eigenvalue weighted by molar-refractivity contribution is -0.530. The van der Waals surface area contributed by atoms with E-state index >= 15 is 0 Å². The minimum absolute atomic E-state index is 0.137. The van der Waals surface area contributed by atoms with Crippen molar-refractivity contribution in [1.82, 2.24) is 0 Å². The zero-order valence-electron chi connectivity index (χ0n) is 17.6. The molecule has 0 aliphatic carbocycles. The van der Waals surface area contributed by atoms with E-state index in [0.717, 1.165) is 28.1 Å². The van der Waals surface area contributed by atoms with Gasteiger partial charge in [-0.2, -0.15) is 0 Å². The molecule has 3 rings (SSSR count). The number of aryl methyl sites for hydroxylation is 1. The first-order valence-corrected chi connectivity index (χ1v) is 10.2. The molecule has 5 heteroatoms. The fourth-order valence-corrected chi connectivity index (χ4v) is 3.88. The van der Waals surface area contributed by atoms with E-state index in [1.165, 1.54) is 0 Å². The van der Waals surface area contributed by atoms with Crippen LogP contribution < -0.4 is 10.1 Å². The monoisotopic (exact) mass is 404 g/mol. The van der Waals surface area contributed by atoms with Crippen molar-refractivity contribution in [3.63, 3.8) is 0 Å². The molecule has 5 nitrogen and oxygen atoms in total. The predicted octanol–water partition coefficient (Wildman–Crippen LogP) is 6.00. The topological polar surface area (TPSA) is 64.4 Å². The van der Waals surface area contributed by atoms with Crippen molar-refractivity contribution >= 4 is 5.69 Å². The molecule has 0 amide bonds. The van der Waals surface area contributed by atoms with Crippen LogP contribution in [0.2, 0.25) is 0 Å². The molecule has 0 aliphatic heterocycles. The molecular weight excluding hydrogens is 376 g/mol. The van der Waals surface area contributed by atoms with Gasteiger partial charge in [0.1, 0.15) is 11.8 Å². The van der Waals surface area contributed by atoms with E-state index in [0.29, 0.717) is 6.42 Å². The summed E-state index contributed by atoms with van der Waals surface area (Å²) >= 11 is 0. The maximum atomic E-state index is 12.4. The first kappa shape index (κ1) is 21.4. The lowest BCUT2D eigenvalue weighted by Gasteiger charge is -2.29. The SMILES string of the molecule is CC[C@@H](c1ccc(C)cc1)[C@H]([C@H](Nc1ccc(OC)cc1)c1ccccc1)[N+](=O)[O-]. The first-order chi connectivity index (χ1) is 14.5. The van der Waals surface area contributed by atoms with Crippen molar-refractivity contribution < 1.29 is 9.66 Å². The molecule has 0 bridgehead atoms. The highest BCUT2D eigenvalue weighted by atomic mass is 16.6. The Hall–Kier alpha value is -3.34. The summed E-state index contributed by atoms with van der Waals surface area (Å²) in [6, 6.07) is 23.9. The normalized spacial score (nSPS) is 13.8. The molecule has 0 saturated carbocycles. The van der Waals surface area contributed by atoms with Gasteiger partial charge in [-0.3, -0.25) is 10.1 Å². The lowest BCUT2D eigenvalue weighted by atomic mass is 9.82. The third-order valence-corrected chi connectivity index (χ3v) is 5.51. The summed E-state index contributed by atoms with van der Waals surface area (Å²) in [6.07, 6.45) is 0.669. The van der Waals surface area contributed by atoms with Crippen LogP contribution in [0.25, 0.3) is 0 Å². The molecule has 30 heavy (non-hydrogen) atoms. The molecule has 3 atom stereocenters. The molecule has 0 saturated heterocycles. The Kier molecular flexibility index (Phi) is 7.07. The number of hydrogen-bond acceptors (Lipinski definition) is 4. The maximum absolute atomic E-state index is 12.4. The lowest BCUT2D eigenvalue weighted by Crippen LogP contribution is -2.37. The molecule has 0 heterocycles. The molecule has 0 radical (unpaired) electrons. The minimum Gasteiger partial charge on any atom is -0.497 e. The second-order valence-electron chi connectivity index (χ2n) is 7.46. The third-order valence-electron chi connectivity index (χ3n) is 5.51. The van der Waals surface area contributed by atoms with E-state index in [1.807, 2.05) is 92.7 Å². The van der Waals surface area contributed by atoms with Gasteiger partial charge in [0.15, 0.2) is 0 Å². The smallest absolute Gasteiger partial charge is 0.243 e. The summed E-state index contributed by atoms with van der Waals surface area (Å²) in [5.41, 5.74) is 3.83. The number of ether oxygens (including phenoxy) is 1. The van der Waals surface area contributed by atoms with Crippen molar-refractivity contribution in [2.45, 2.75) is 38.3 Å². The Balaban J connectivity index is 2.02. The van der Waals surface area contributed by atoms with Crippen molar-refractivity contribution in [2.24, 2.45) is 0 Å². The van der Waals surface area contributed by atoms with Crippen molar-refractivity contribution in [2.75, 3.05) is 12.4 Å². The highest BCUT2D eigenvalue weighted by Gasteiger charge is 2.40. The van der Waals surface area contributed by atoms with E-state index in [2.05, 4.69) is 5.32 Å². The molecule has 1 N–H and O–H groups in total. The fourth-order valence-electron chi connectivity index (χ4n) is 3.88. The van der Waals surface area contributed by atoms with Gasteiger partial charge in [-0.05, 0) is 48.7 Å². The Morgan fingerprint density at radius 2 is 1.57 bits per heavy atom. The highest BCUT2D eigenvalue weighted by Crippen LogP contribution is 2.36. The van der Waals surface area contributed by atoms with Crippen molar-refractivity contribution in [3.05, 3.63) is 106 Å². The van der Waals surface area contributed by atoms with Crippen LogP contribution in [0.15, 0.2) is 78.9 Å². The summed E-state index contributed by atoms with van der Waals surface area (Å²) in [7, 11) is 1.62. The first-order valence-electron chi connectivity index (χ1n) is 10.2. The van der Waals surface area contributed by atoms with Gasteiger partial charge in [0.25, 0.3) is 0 Å². The predicted molar refractivity (Wildman–Crippen MR) is 121 cm³/mol. The minimum atomic E-state index is -0.831. The zero-order valence-corrected chi connectivity index (χ0v) is 17.6. The standard InChI is InChI=1S/C25H28N2O3/c1-4-23(19-12-10-18(2)11-13-19)25(27(28)29)24(20-8-6-5-7-9-20)26-21-14-16-22(30-3)17-15-21/h5-17,23-26H,4H2,1-3H3/t23-,24+,25+/m0/s1. The van der Waals surface area contributed by atoms with Crippen molar-refractivity contribution in [3.8, 4) is 5.75 Å². The maximum Gasteiger partial charge on any atom is 0.243 e. The Morgan fingerprint density at radius 1 is 0.933 bits per heavy atom. The Morgan fingerprint density at radius 3 is 2.10 bits per heavy atom. The molecule has 0 spiro atoms. The summed E-state index contributed by atoms with van der Waals surface area (Å²) in [5, 5.41) is 15.8. The van der Waals surface area contributed by atoms with E-state index in [1.54, 1.807) is 7.11 Å². The van der Waals surface area contributed by atoms with Crippen LogP contribution in [0, 0.1) is 17.0 Å². The average molecular weight is 405 g/mol. The van der Waals surface area contributed by atoms with E-state index in [-0.39, 0.29) is 10.8 Å². The van der Waals surface area contributed by atoms with Gasteiger partial charge in [-0.1, -0.05) is 67.1 Å². The van der Waals surface area contributed by atoms with Gasteiger partial charge >= 0.3 is 0 Å². The van der Waals surface area contributed by atoms with Gasteiger partial charge in [0, 0.05) is 10.6 Å². The van der Waals surface area contributed by atoms with Gasteiger partial charge in [0.2, 0.25) is 6.04 Å².